The van der Waals surface area contributed by atoms with Crippen LogP contribution in [-0.2, 0) is 12.7 Å². The first-order valence-corrected chi connectivity index (χ1v) is 6.09. The molecule has 1 aromatic carbocycles. The van der Waals surface area contributed by atoms with Gasteiger partial charge in [-0.05, 0) is 25.1 Å². The monoisotopic (exact) mass is 319 g/mol. The van der Waals surface area contributed by atoms with E-state index in [0.29, 0.717) is 11.9 Å². The smallest absolute Gasteiger partial charge is 0.343 e. The molecule has 0 saturated carbocycles. The summed E-state index contributed by atoms with van der Waals surface area (Å²) in [7, 11) is 0. The minimum atomic E-state index is -4.51. The third-order valence-electron chi connectivity index (χ3n) is 2.51. The van der Waals surface area contributed by atoms with E-state index >= 15 is 0 Å². The van der Waals surface area contributed by atoms with Crippen molar-refractivity contribution in [2.45, 2.75) is 19.6 Å². The highest BCUT2D eigenvalue weighted by Gasteiger charge is 2.31. The quantitative estimate of drug-likeness (QED) is 0.944. The van der Waals surface area contributed by atoms with Crippen LogP contribution in [0.15, 0.2) is 22.7 Å². The van der Waals surface area contributed by atoms with E-state index in [4.69, 9.17) is 16.1 Å². The zero-order valence-corrected chi connectivity index (χ0v) is 11.4. The summed E-state index contributed by atoms with van der Waals surface area (Å²) in [4.78, 5) is 15.7. The van der Waals surface area contributed by atoms with Gasteiger partial charge in [-0.3, -0.25) is 4.79 Å². The van der Waals surface area contributed by atoms with Crippen LogP contribution >= 0.6 is 11.6 Å². The molecule has 1 aromatic heterocycles. The number of hydrogen-bond donors (Lipinski definition) is 1. The van der Waals surface area contributed by atoms with Gasteiger partial charge >= 0.3 is 6.18 Å². The number of amides is 1. The molecule has 0 fully saturated rings. The Morgan fingerprint density at radius 3 is 2.67 bits per heavy atom. The third kappa shape index (κ3) is 3.72. The summed E-state index contributed by atoms with van der Waals surface area (Å²) in [5.74, 6) is -0.0414. The molecule has 2 rings (SSSR count). The number of nitrogens with one attached hydrogen (secondary N) is 1. The number of nitrogens with zero attached hydrogens (tertiary/aromatic N) is 2. The van der Waals surface area contributed by atoms with Crippen LogP contribution in [-0.4, -0.2) is 16.0 Å². The van der Waals surface area contributed by atoms with Crippen LogP contribution in [0.2, 0.25) is 5.02 Å². The molecule has 0 bridgehead atoms. The predicted octanol–water partition coefficient (Wildman–Crippen LogP) is 2.98. The van der Waals surface area contributed by atoms with Gasteiger partial charge < -0.3 is 9.84 Å². The molecule has 0 aliphatic rings. The number of alkyl halides is 3. The zero-order chi connectivity index (χ0) is 15.6. The molecule has 1 heterocycles. The van der Waals surface area contributed by atoms with E-state index in [1.54, 1.807) is 6.92 Å². The Morgan fingerprint density at radius 1 is 1.43 bits per heavy atom. The van der Waals surface area contributed by atoms with Crippen molar-refractivity contribution in [3.8, 4) is 0 Å². The van der Waals surface area contributed by atoms with Gasteiger partial charge in [-0.15, -0.1) is 0 Å². The van der Waals surface area contributed by atoms with Crippen LogP contribution in [0.5, 0.6) is 0 Å². The molecule has 1 N–H and O–H groups in total. The van der Waals surface area contributed by atoms with Gasteiger partial charge in [0.05, 0.1) is 22.7 Å². The number of aryl methyl sites for hydroxylation is 1. The second-order valence-electron chi connectivity index (χ2n) is 4.11. The van der Waals surface area contributed by atoms with E-state index in [1.807, 2.05) is 0 Å². The SMILES string of the molecule is Cc1noc(CNC(=O)c2ccc(C(F)(F)F)cc2Cl)n1. The summed E-state index contributed by atoms with van der Waals surface area (Å²) in [5.41, 5.74) is -0.988. The molecule has 0 unspecified atom stereocenters. The molecule has 0 saturated heterocycles. The average molecular weight is 320 g/mol. The van der Waals surface area contributed by atoms with Gasteiger partial charge in [-0.2, -0.15) is 18.2 Å². The largest absolute Gasteiger partial charge is 0.416 e. The Labute approximate surface area is 122 Å². The topological polar surface area (TPSA) is 68.0 Å². The van der Waals surface area contributed by atoms with Crippen LogP contribution in [0.25, 0.3) is 0 Å². The summed E-state index contributed by atoms with van der Waals surface area (Å²) in [6.07, 6.45) is -4.51. The minimum absolute atomic E-state index is 0.0446. The first-order chi connectivity index (χ1) is 9.77. The maximum atomic E-state index is 12.5. The lowest BCUT2D eigenvalue weighted by atomic mass is 10.1. The summed E-state index contributed by atoms with van der Waals surface area (Å²) >= 11 is 5.70. The van der Waals surface area contributed by atoms with E-state index in [1.165, 1.54) is 0 Å². The molecule has 0 aliphatic carbocycles. The first kappa shape index (κ1) is 15.3. The van der Waals surface area contributed by atoms with Crippen molar-refractivity contribution in [1.29, 1.82) is 0 Å². The van der Waals surface area contributed by atoms with Crippen molar-refractivity contribution in [2.24, 2.45) is 0 Å². The zero-order valence-electron chi connectivity index (χ0n) is 10.7. The fraction of sp³-hybridized carbons (Fsp3) is 0.250. The number of halogens is 4. The predicted molar refractivity (Wildman–Crippen MR) is 66.7 cm³/mol. The van der Waals surface area contributed by atoms with Gasteiger partial charge in [0.1, 0.15) is 0 Å². The number of carbonyl (C=O) groups excluding carboxylic acids is 1. The van der Waals surface area contributed by atoms with Gasteiger partial charge in [0.25, 0.3) is 5.91 Å². The standard InChI is InChI=1S/C12H9ClF3N3O2/c1-6-18-10(21-19-6)5-17-11(20)8-3-2-7(4-9(8)13)12(14,15)16/h2-4H,5H2,1H3,(H,17,20). The second kappa shape index (κ2) is 5.72. The molecule has 9 heteroatoms. The Morgan fingerprint density at radius 2 is 2.14 bits per heavy atom. The van der Waals surface area contributed by atoms with Gasteiger partial charge in [0, 0.05) is 0 Å². The van der Waals surface area contributed by atoms with Crippen LogP contribution in [0.3, 0.4) is 0 Å². The van der Waals surface area contributed by atoms with Crippen molar-refractivity contribution < 1.29 is 22.5 Å². The first-order valence-electron chi connectivity index (χ1n) is 5.71. The molecule has 1 amide bonds. The van der Waals surface area contributed by atoms with Crippen LogP contribution in [0.1, 0.15) is 27.6 Å². The van der Waals surface area contributed by atoms with Crippen LogP contribution in [0, 0.1) is 6.92 Å². The van der Waals surface area contributed by atoms with Crippen molar-refractivity contribution in [1.82, 2.24) is 15.5 Å². The van der Waals surface area contributed by atoms with E-state index in [-0.39, 0.29) is 23.0 Å². The highest BCUT2D eigenvalue weighted by Crippen LogP contribution is 2.32. The third-order valence-corrected chi connectivity index (χ3v) is 2.82. The van der Waals surface area contributed by atoms with Crippen molar-refractivity contribution in [3.63, 3.8) is 0 Å². The summed E-state index contributed by atoms with van der Waals surface area (Å²) in [5, 5.41) is 5.67. The number of hydrogen-bond acceptors (Lipinski definition) is 4. The Hall–Kier alpha value is -2.09. The molecule has 21 heavy (non-hydrogen) atoms. The molecule has 2 aromatic rings. The molecular weight excluding hydrogens is 311 g/mol. The average Bonchev–Trinajstić information content (AvgIpc) is 2.80. The maximum Gasteiger partial charge on any atom is 0.416 e. The van der Waals surface area contributed by atoms with E-state index in [0.717, 1.165) is 12.1 Å². The molecule has 0 spiro atoms. The lowest BCUT2D eigenvalue weighted by Crippen LogP contribution is -2.23. The van der Waals surface area contributed by atoms with E-state index in [2.05, 4.69) is 15.5 Å². The molecular formula is C12H9ClF3N3O2. The van der Waals surface area contributed by atoms with Gasteiger partial charge in [-0.1, -0.05) is 16.8 Å². The molecule has 0 atom stereocenters. The summed E-state index contributed by atoms with van der Waals surface area (Å²) in [6.45, 7) is 1.57. The van der Waals surface area contributed by atoms with Gasteiger partial charge in [-0.25, -0.2) is 0 Å². The van der Waals surface area contributed by atoms with Gasteiger partial charge in [0.15, 0.2) is 5.82 Å². The molecule has 0 aliphatic heterocycles. The Balaban J connectivity index is 2.09. The lowest BCUT2D eigenvalue weighted by Gasteiger charge is -2.09. The summed E-state index contributed by atoms with van der Waals surface area (Å²) in [6, 6.07) is 2.50. The van der Waals surface area contributed by atoms with Crippen LogP contribution in [0.4, 0.5) is 13.2 Å². The van der Waals surface area contributed by atoms with Crippen LogP contribution < -0.4 is 5.32 Å². The second-order valence-corrected chi connectivity index (χ2v) is 4.52. The minimum Gasteiger partial charge on any atom is -0.343 e. The lowest BCUT2D eigenvalue weighted by molar-refractivity contribution is -0.137. The number of rotatable bonds is 3. The Bertz CT molecular complexity index is 670. The summed E-state index contributed by atoms with van der Waals surface area (Å²) < 4.78 is 42.2. The number of benzene rings is 1. The maximum absolute atomic E-state index is 12.5. The van der Waals surface area contributed by atoms with Crippen molar-refractivity contribution >= 4 is 17.5 Å². The fourth-order valence-corrected chi connectivity index (χ4v) is 1.80. The normalized spacial score (nSPS) is 11.5. The molecule has 0 radical (unpaired) electrons. The Kier molecular flexibility index (Phi) is 4.17. The highest BCUT2D eigenvalue weighted by molar-refractivity contribution is 6.33. The van der Waals surface area contributed by atoms with Crippen molar-refractivity contribution in [3.05, 3.63) is 46.1 Å². The fourth-order valence-electron chi connectivity index (χ4n) is 1.54. The van der Waals surface area contributed by atoms with E-state index < -0.39 is 17.6 Å². The highest BCUT2D eigenvalue weighted by atomic mass is 35.5. The van der Waals surface area contributed by atoms with E-state index in [9.17, 15) is 18.0 Å². The van der Waals surface area contributed by atoms with Gasteiger partial charge in [0.2, 0.25) is 5.89 Å². The van der Waals surface area contributed by atoms with Crippen molar-refractivity contribution in [2.75, 3.05) is 0 Å². The number of aromatic nitrogens is 2. The molecule has 5 nitrogen and oxygen atoms in total. The number of carbonyl (C=O) groups is 1. The molecule has 112 valence electrons.